The first-order chi connectivity index (χ1) is 8.19. The van der Waals surface area contributed by atoms with Gasteiger partial charge in [0.05, 0.1) is 14.2 Å². The zero-order valence-corrected chi connectivity index (χ0v) is 9.91. The number of esters is 1. The summed E-state index contributed by atoms with van der Waals surface area (Å²) in [6.45, 7) is 0.658. The van der Waals surface area contributed by atoms with E-state index in [1.54, 1.807) is 12.3 Å². The average Bonchev–Trinajstić information content (AvgIpc) is 2.74. The summed E-state index contributed by atoms with van der Waals surface area (Å²) < 4.78 is 10.6. The van der Waals surface area contributed by atoms with Crippen molar-refractivity contribution >= 4 is 5.97 Å². The molecule has 0 fully saturated rings. The van der Waals surface area contributed by atoms with Crippen molar-refractivity contribution in [3.63, 3.8) is 0 Å². The van der Waals surface area contributed by atoms with E-state index in [-0.39, 0.29) is 5.97 Å². The first-order valence-corrected chi connectivity index (χ1v) is 5.27. The van der Waals surface area contributed by atoms with Crippen molar-refractivity contribution in [3.8, 4) is 0 Å². The molecule has 0 aliphatic rings. The lowest BCUT2D eigenvalue weighted by atomic mass is 10.3. The minimum atomic E-state index is -0.322. The Kier molecular flexibility index (Phi) is 3.18. The number of carbonyl (C=O) groups is 1. The Hall–Kier alpha value is -2.17. The summed E-state index contributed by atoms with van der Waals surface area (Å²) in [5, 5.41) is 0. The number of carbonyl (C=O) groups excluding carboxylic acids is 1. The van der Waals surface area contributed by atoms with E-state index in [9.17, 15) is 4.79 Å². The maximum Gasteiger partial charge on any atom is 0.343 e. The lowest BCUT2D eigenvalue weighted by Crippen LogP contribution is -2.38. The van der Waals surface area contributed by atoms with Crippen LogP contribution in [0.25, 0.3) is 0 Å². The summed E-state index contributed by atoms with van der Waals surface area (Å²) in [5.74, 6) is -0.322. The molecule has 0 saturated heterocycles. The maximum absolute atomic E-state index is 11.4. The smallest absolute Gasteiger partial charge is 0.343 e. The zero-order chi connectivity index (χ0) is 12.3. The van der Waals surface area contributed by atoms with Crippen LogP contribution in [0, 0.1) is 0 Å². The van der Waals surface area contributed by atoms with Gasteiger partial charge in [-0.3, -0.25) is 0 Å². The normalized spacial score (nSPS) is 10.2. The van der Waals surface area contributed by atoms with Crippen LogP contribution in [0.3, 0.4) is 0 Å². The highest BCUT2D eigenvalue weighted by molar-refractivity contribution is 5.88. The minimum absolute atomic E-state index is 0.322. The van der Waals surface area contributed by atoms with Crippen molar-refractivity contribution in [1.82, 2.24) is 4.57 Å². The molecular weight excluding hydrogens is 218 g/mol. The van der Waals surface area contributed by atoms with Crippen molar-refractivity contribution < 1.29 is 18.7 Å². The van der Waals surface area contributed by atoms with Gasteiger partial charge in [0, 0.05) is 6.07 Å². The van der Waals surface area contributed by atoms with Crippen LogP contribution in [0.15, 0.2) is 43.2 Å². The first-order valence-electron chi connectivity index (χ1n) is 5.27. The summed E-state index contributed by atoms with van der Waals surface area (Å²) in [6, 6.07) is 3.56. The van der Waals surface area contributed by atoms with Gasteiger partial charge in [-0.05, 0) is 6.07 Å². The monoisotopic (exact) mass is 233 g/mol. The van der Waals surface area contributed by atoms with Crippen LogP contribution < -0.4 is 9.13 Å². The molecule has 2 heterocycles. The number of aryl methyl sites for hydroxylation is 1. The number of hydrogen-bond donors (Lipinski definition) is 0. The Morgan fingerprint density at radius 2 is 2.29 bits per heavy atom. The molecule has 88 valence electrons. The Morgan fingerprint density at radius 1 is 1.47 bits per heavy atom. The topological polar surface area (TPSA) is 39.0 Å². The summed E-state index contributed by atoms with van der Waals surface area (Å²) >= 11 is 0. The van der Waals surface area contributed by atoms with E-state index in [1.807, 2.05) is 51.7 Å². The van der Waals surface area contributed by atoms with E-state index in [0.717, 1.165) is 0 Å². The number of rotatable bonds is 3. The molecule has 17 heavy (non-hydrogen) atoms. The Balaban J connectivity index is 2.19. The quantitative estimate of drug-likeness (QED) is 0.548. The van der Waals surface area contributed by atoms with Gasteiger partial charge in [-0.15, -0.1) is 0 Å². The molecule has 5 heteroatoms. The molecular formula is C12H15N3O2+2. The predicted octanol–water partition coefficient (Wildman–Crippen LogP) is -0.108. The number of methoxy groups -OCH3 is 1. The molecule has 5 nitrogen and oxygen atoms in total. The van der Waals surface area contributed by atoms with Crippen molar-refractivity contribution in [2.75, 3.05) is 7.11 Å². The fourth-order valence-electron chi connectivity index (χ4n) is 1.62. The van der Waals surface area contributed by atoms with Gasteiger partial charge >= 0.3 is 5.97 Å². The molecule has 0 spiro atoms. The first kappa shape index (κ1) is 11.3. The van der Waals surface area contributed by atoms with Gasteiger partial charge in [-0.1, -0.05) is 0 Å². The number of ether oxygens (including phenoxy) is 1. The molecule has 0 atom stereocenters. The molecule has 0 aliphatic heterocycles. The van der Waals surface area contributed by atoms with Gasteiger partial charge < -0.3 is 4.74 Å². The second kappa shape index (κ2) is 4.78. The molecule has 0 N–H and O–H groups in total. The van der Waals surface area contributed by atoms with E-state index in [2.05, 4.69) is 4.74 Å². The fourth-order valence-corrected chi connectivity index (χ4v) is 1.62. The third-order valence-electron chi connectivity index (χ3n) is 2.43. The van der Waals surface area contributed by atoms with Gasteiger partial charge in [-0.25, -0.2) is 9.36 Å². The highest BCUT2D eigenvalue weighted by Crippen LogP contribution is 1.96. The highest BCUT2D eigenvalue weighted by Gasteiger charge is 2.12. The van der Waals surface area contributed by atoms with Crippen LogP contribution in [0.2, 0.25) is 0 Å². The lowest BCUT2D eigenvalue weighted by molar-refractivity contribution is -0.707. The zero-order valence-electron chi connectivity index (χ0n) is 9.91. The van der Waals surface area contributed by atoms with Gasteiger partial charge in [0.2, 0.25) is 6.33 Å². The van der Waals surface area contributed by atoms with Crippen LogP contribution in [-0.4, -0.2) is 17.6 Å². The molecule has 0 radical (unpaired) electrons. The molecule has 2 aromatic rings. The Labute approximate surface area is 99.5 Å². The number of pyridine rings is 1. The molecule has 0 aliphatic carbocycles. The Morgan fingerprint density at radius 3 is 2.94 bits per heavy atom. The second-order valence-electron chi connectivity index (χ2n) is 3.83. The maximum atomic E-state index is 11.4. The van der Waals surface area contributed by atoms with Gasteiger partial charge in [0.1, 0.15) is 18.0 Å². The fraction of sp³-hybridized carbons (Fsp3) is 0.250. The number of imidazole rings is 1. The molecule has 2 rings (SSSR count). The summed E-state index contributed by atoms with van der Waals surface area (Å²) in [6.07, 6.45) is 9.58. The van der Waals surface area contributed by atoms with Crippen LogP contribution in [0.1, 0.15) is 10.4 Å². The highest BCUT2D eigenvalue weighted by atomic mass is 16.5. The third kappa shape index (κ3) is 2.69. The molecule has 0 bridgehead atoms. The summed E-state index contributed by atoms with van der Waals surface area (Å²) in [4.78, 5) is 11.4. The van der Waals surface area contributed by atoms with E-state index < -0.39 is 0 Å². The number of hydrogen-bond acceptors (Lipinski definition) is 2. The van der Waals surface area contributed by atoms with Crippen molar-refractivity contribution in [2.24, 2.45) is 7.05 Å². The second-order valence-corrected chi connectivity index (χ2v) is 3.83. The van der Waals surface area contributed by atoms with Crippen LogP contribution in [0.4, 0.5) is 0 Å². The largest absolute Gasteiger partial charge is 0.465 e. The molecule has 0 amide bonds. The van der Waals surface area contributed by atoms with Crippen molar-refractivity contribution in [1.29, 1.82) is 0 Å². The SMILES string of the molecule is COC(=O)c1ccc[n+](Cn2cc[n+](C)c2)c1. The number of nitrogens with zero attached hydrogens (tertiary/aromatic N) is 3. The molecule has 0 unspecified atom stereocenters. The van der Waals surface area contributed by atoms with Crippen LogP contribution in [0.5, 0.6) is 0 Å². The standard InChI is InChI=1S/C12H15N3O2/c1-13-6-7-15(9-13)10-14-5-3-4-11(8-14)12(16)17-2/h3-9H,10H2,1-2H3/q+2. The number of aromatic nitrogens is 3. The van der Waals surface area contributed by atoms with Crippen molar-refractivity contribution in [2.45, 2.75) is 6.67 Å². The predicted molar refractivity (Wildman–Crippen MR) is 59.0 cm³/mol. The van der Waals surface area contributed by atoms with Gasteiger partial charge in [0.15, 0.2) is 12.4 Å². The molecule has 0 saturated carbocycles. The van der Waals surface area contributed by atoms with Gasteiger partial charge in [-0.2, -0.15) is 9.13 Å². The van der Waals surface area contributed by atoms with E-state index in [1.165, 1.54) is 7.11 Å². The summed E-state index contributed by atoms with van der Waals surface area (Å²) in [7, 11) is 3.34. The molecule has 2 aromatic heterocycles. The van der Waals surface area contributed by atoms with E-state index in [4.69, 9.17) is 0 Å². The van der Waals surface area contributed by atoms with E-state index in [0.29, 0.717) is 12.2 Å². The Bertz CT molecular complexity index is 534. The summed E-state index contributed by atoms with van der Waals surface area (Å²) in [5.41, 5.74) is 0.548. The molecule has 0 aromatic carbocycles. The van der Waals surface area contributed by atoms with Crippen LogP contribution in [-0.2, 0) is 18.5 Å². The van der Waals surface area contributed by atoms with Crippen LogP contribution >= 0.6 is 0 Å². The minimum Gasteiger partial charge on any atom is -0.465 e. The van der Waals surface area contributed by atoms with Gasteiger partial charge in [0.25, 0.3) is 6.67 Å². The van der Waals surface area contributed by atoms with Crippen molar-refractivity contribution in [3.05, 3.63) is 48.8 Å². The van der Waals surface area contributed by atoms with E-state index >= 15 is 0 Å². The average molecular weight is 233 g/mol. The third-order valence-corrected chi connectivity index (χ3v) is 2.43. The lowest BCUT2D eigenvalue weighted by Gasteiger charge is -1.97.